The van der Waals surface area contributed by atoms with E-state index in [1.165, 1.54) is 0 Å². The summed E-state index contributed by atoms with van der Waals surface area (Å²) in [7, 11) is 0. The minimum absolute atomic E-state index is 0.246. The van der Waals surface area contributed by atoms with Gasteiger partial charge >= 0.3 is 5.97 Å². The quantitative estimate of drug-likeness (QED) is 0.636. The summed E-state index contributed by atoms with van der Waals surface area (Å²) in [4.78, 5) is 11.7. The Morgan fingerprint density at radius 3 is 2.00 bits per heavy atom. The van der Waals surface area contributed by atoms with Gasteiger partial charge < -0.3 is 16.2 Å². The van der Waals surface area contributed by atoms with E-state index in [1.54, 1.807) is 13.8 Å². The van der Waals surface area contributed by atoms with Crippen molar-refractivity contribution in [1.29, 1.82) is 0 Å². The highest BCUT2D eigenvalue weighted by atomic mass is 16.5. The second kappa shape index (κ2) is 4.75. The van der Waals surface area contributed by atoms with E-state index in [0.29, 0.717) is 13.2 Å². The van der Waals surface area contributed by atoms with Crippen molar-refractivity contribution in [2.75, 3.05) is 19.7 Å². The molecule has 0 rings (SSSR count). The Bertz CT molecular complexity index is 204. The predicted octanol–water partition coefficient (Wildman–Crippen LogP) is 0.499. The van der Waals surface area contributed by atoms with Gasteiger partial charge in [0.05, 0.1) is 12.0 Å². The summed E-state index contributed by atoms with van der Waals surface area (Å²) in [5, 5.41) is 0. The van der Waals surface area contributed by atoms with Crippen molar-refractivity contribution in [2.45, 2.75) is 27.7 Å². The Labute approximate surface area is 86.0 Å². The molecule has 0 aromatic rings. The molecular weight excluding hydrogens is 180 g/mol. The van der Waals surface area contributed by atoms with Crippen LogP contribution in [0.2, 0.25) is 0 Å². The lowest BCUT2D eigenvalue weighted by atomic mass is 9.66. The maximum Gasteiger partial charge on any atom is 0.313 e. The average Bonchev–Trinajstić information content (AvgIpc) is 2.16. The van der Waals surface area contributed by atoms with Crippen LogP contribution in [-0.2, 0) is 9.53 Å². The molecule has 4 N–H and O–H groups in total. The second-order valence-electron chi connectivity index (χ2n) is 4.34. The first kappa shape index (κ1) is 13.4. The van der Waals surface area contributed by atoms with Gasteiger partial charge in [-0.3, -0.25) is 4.79 Å². The normalized spacial score (nSPS) is 16.1. The summed E-state index contributed by atoms with van der Waals surface area (Å²) in [6.07, 6.45) is 0. The van der Waals surface area contributed by atoms with Crippen LogP contribution in [0, 0.1) is 10.8 Å². The van der Waals surface area contributed by atoms with Crippen LogP contribution in [0.25, 0.3) is 0 Å². The minimum Gasteiger partial charge on any atom is -0.466 e. The first-order valence-corrected chi connectivity index (χ1v) is 4.93. The average molecular weight is 202 g/mol. The third-order valence-corrected chi connectivity index (χ3v) is 3.14. The van der Waals surface area contributed by atoms with Gasteiger partial charge in [0, 0.05) is 6.54 Å². The molecule has 0 aliphatic rings. The fourth-order valence-corrected chi connectivity index (χ4v) is 1.15. The minimum atomic E-state index is -0.711. The van der Waals surface area contributed by atoms with Gasteiger partial charge in [-0.25, -0.2) is 0 Å². The van der Waals surface area contributed by atoms with Crippen molar-refractivity contribution >= 4 is 5.97 Å². The number of nitrogens with two attached hydrogens (primary N) is 2. The molecule has 4 heteroatoms. The molecule has 1 atom stereocenters. The highest BCUT2D eigenvalue weighted by molar-refractivity contribution is 5.77. The van der Waals surface area contributed by atoms with Crippen molar-refractivity contribution in [3.05, 3.63) is 0 Å². The molecule has 0 saturated carbocycles. The Hall–Kier alpha value is -0.610. The van der Waals surface area contributed by atoms with Crippen molar-refractivity contribution < 1.29 is 9.53 Å². The fourth-order valence-electron chi connectivity index (χ4n) is 1.15. The van der Waals surface area contributed by atoms with E-state index >= 15 is 0 Å². The summed E-state index contributed by atoms with van der Waals surface area (Å²) in [5.74, 6) is -0.266. The molecule has 0 heterocycles. The molecular formula is C10H22N2O2. The summed E-state index contributed by atoms with van der Waals surface area (Å²) in [6.45, 7) is 8.46. The number of carbonyl (C=O) groups excluding carboxylic acids is 1. The van der Waals surface area contributed by atoms with E-state index < -0.39 is 5.41 Å². The van der Waals surface area contributed by atoms with E-state index in [-0.39, 0.29) is 17.9 Å². The Balaban J connectivity index is 4.87. The maximum atomic E-state index is 11.7. The SMILES string of the molecule is CCOC(=O)C(C)(CN)C(C)(C)CN. The molecule has 84 valence electrons. The molecule has 0 spiro atoms. The van der Waals surface area contributed by atoms with Gasteiger partial charge in [-0.05, 0) is 25.8 Å². The molecule has 0 fully saturated rings. The Morgan fingerprint density at radius 2 is 1.71 bits per heavy atom. The summed E-state index contributed by atoms with van der Waals surface area (Å²) >= 11 is 0. The third kappa shape index (κ3) is 2.25. The van der Waals surface area contributed by atoms with Gasteiger partial charge in [-0.15, -0.1) is 0 Å². The van der Waals surface area contributed by atoms with Crippen LogP contribution < -0.4 is 11.5 Å². The van der Waals surface area contributed by atoms with Crippen molar-refractivity contribution in [3.8, 4) is 0 Å². The molecule has 0 aromatic heterocycles. The number of hydrogen-bond acceptors (Lipinski definition) is 4. The molecule has 0 bridgehead atoms. The van der Waals surface area contributed by atoms with E-state index in [2.05, 4.69) is 0 Å². The predicted molar refractivity (Wildman–Crippen MR) is 56.6 cm³/mol. The molecule has 14 heavy (non-hydrogen) atoms. The van der Waals surface area contributed by atoms with Crippen molar-refractivity contribution in [2.24, 2.45) is 22.3 Å². The zero-order chi connectivity index (χ0) is 11.4. The lowest BCUT2D eigenvalue weighted by molar-refractivity contribution is -0.160. The fraction of sp³-hybridized carbons (Fsp3) is 0.900. The number of esters is 1. The zero-order valence-electron chi connectivity index (χ0n) is 9.59. The van der Waals surface area contributed by atoms with Gasteiger partial charge in [0.25, 0.3) is 0 Å². The molecule has 0 amide bonds. The monoisotopic (exact) mass is 202 g/mol. The van der Waals surface area contributed by atoms with Gasteiger partial charge in [-0.1, -0.05) is 13.8 Å². The number of hydrogen-bond donors (Lipinski definition) is 2. The van der Waals surface area contributed by atoms with Crippen LogP contribution in [-0.4, -0.2) is 25.7 Å². The third-order valence-electron chi connectivity index (χ3n) is 3.14. The smallest absolute Gasteiger partial charge is 0.313 e. The molecule has 4 nitrogen and oxygen atoms in total. The van der Waals surface area contributed by atoms with Crippen LogP contribution in [0.1, 0.15) is 27.7 Å². The van der Waals surface area contributed by atoms with E-state index in [9.17, 15) is 4.79 Å². The lowest BCUT2D eigenvalue weighted by Crippen LogP contribution is -2.51. The first-order chi connectivity index (χ1) is 6.35. The van der Waals surface area contributed by atoms with Crippen molar-refractivity contribution in [1.82, 2.24) is 0 Å². The van der Waals surface area contributed by atoms with Crippen LogP contribution in [0.3, 0.4) is 0 Å². The summed E-state index contributed by atoms with van der Waals surface area (Å²) in [5.41, 5.74) is 10.2. The number of carbonyl (C=O) groups is 1. The number of rotatable bonds is 5. The Morgan fingerprint density at radius 1 is 1.21 bits per heavy atom. The summed E-state index contributed by atoms with van der Waals surface area (Å²) in [6, 6.07) is 0. The van der Waals surface area contributed by atoms with Crippen LogP contribution in [0.15, 0.2) is 0 Å². The maximum absolute atomic E-state index is 11.7. The van der Waals surface area contributed by atoms with E-state index in [4.69, 9.17) is 16.2 Å². The highest BCUT2D eigenvalue weighted by Gasteiger charge is 2.46. The molecule has 0 saturated heterocycles. The van der Waals surface area contributed by atoms with Crippen LogP contribution in [0.5, 0.6) is 0 Å². The second-order valence-corrected chi connectivity index (χ2v) is 4.34. The van der Waals surface area contributed by atoms with E-state index in [1.807, 2.05) is 13.8 Å². The summed E-state index contributed by atoms with van der Waals surface area (Å²) < 4.78 is 5.01. The molecule has 0 aliphatic carbocycles. The topological polar surface area (TPSA) is 78.3 Å². The van der Waals surface area contributed by atoms with Gasteiger partial charge in [0.2, 0.25) is 0 Å². The Kier molecular flexibility index (Phi) is 4.55. The van der Waals surface area contributed by atoms with Gasteiger partial charge in [0.1, 0.15) is 0 Å². The highest BCUT2D eigenvalue weighted by Crippen LogP contribution is 2.38. The first-order valence-electron chi connectivity index (χ1n) is 4.93. The zero-order valence-corrected chi connectivity index (χ0v) is 9.59. The number of ether oxygens (including phenoxy) is 1. The largest absolute Gasteiger partial charge is 0.466 e. The molecule has 0 aliphatic heterocycles. The standard InChI is InChI=1S/C10H22N2O2/c1-5-14-8(13)10(4,7-12)9(2,3)6-11/h5-7,11-12H2,1-4H3. The van der Waals surface area contributed by atoms with Crippen molar-refractivity contribution in [3.63, 3.8) is 0 Å². The molecule has 0 aromatic carbocycles. The van der Waals surface area contributed by atoms with Crippen LogP contribution in [0.4, 0.5) is 0 Å². The van der Waals surface area contributed by atoms with E-state index in [0.717, 1.165) is 0 Å². The molecule has 1 unspecified atom stereocenters. The van der Waals surface area contributed by atoms with Crippen LogP contribution >= 0.6 is 0 Å². The van der Waals surface area contributed by atoms with Gasteiger partial charge in [-0.2, -0.15) is 0 Å². The lowest BCUT2D eigenvalue weighted by Gasteiger charge is -2.40. The molecule has 0 radical (unpaired) electrons. The van der Waals surface area contributed by atoms with Gasteiger partial charge in [0.15, 0.2) is 0 Å².